The number of hydrogen-bond donors (Lipinski definition) is 1. The maximum atomic E-state index is 3.56. The molecule has 3 heteroatoms. The van der Waals surface area contributed by atoms with E-state index in [0.717, 1.165) is 23.9 Å². The number of rotatable bonds is 3. The van der Waals surface area contributed by atoms with E-state index in [1.54, 1.807) is 0 Å². The molecule has 0 saturated carbocycles. The van der Waals surface area contributed by atoms with Crippen LogP contribution in [0.5, 0.6) is 0 Å². The van der Waals surface area contributed by atoms with Crippen molar-refractivity contribution in [3.8, 4) is 0 Å². The van der Waals surface area contributed by atoms with Crippen molar-refractivity contribution in [1.82, 2.24) is 10.2 Å². The van der Waals surface area contributed by atoms with Crippen molar-refractivity contribution in [2.75, 3.05) is 25.4 Å². The van der Waals surface area contributed by atoms with E-state index >= 15 is 0 Å². The first kappa shape index (κ1) is 10.8. The van der Waals surface area contributed by atoms with Gasteiger partial charge in [0.25, 0.3) is 0 Å². The fourth-order valence-electron chi connectivity index (χ4n) is 2.62. The van der Waals surface area contributed by atoms with Gasteiger partial charge < -0.3 is 5.32 Å². The van der Waals surface area contributed by atoms with Gasteiger partial charge in [0.2, 0.25) is 0 Å². The lowest BCUT2D eigenvalue weighted by Gasteiger charge is -2.23. The van der Waals surface area contributed by atoms with Gasteiger partial charge >= 0.3 is 0 Å². The molecule has 0 spiro atoms. The van der Waals surface area contributed by atoms with E-state index in [1.165, 1.54) is 31.7 Å². The number of likely N-dealkylation sites (tertiary alicyclic amines) is 1. The van der Waals surface area contributed by atoms with Gasteiger partial charge in [-0.05, 0) is 19.4 Å². The Morgan fingerprint density at radius 2 is 2.36 bits per heavy atom. The van der Waals surface area contributed by atoms with Crippen molar-refractivity contribution < 1.29 is 0 Å². The van der Waals surface area contributed by atoms with E-state index in [2.05, 4.69) is 35.8 Å². The van der Waals surface area contributed by atoms with Gasteiger partial charge in [0, 0.05) is 36.2 Å². The summed E-state index contributed by atoms with van der Waals surface area (Å²) in [5.41, 5.74) is 0. The van der Waals surface area contributed by atoms with Gasteiger partial charge in [0.05, 0.1) is 0 Å². The monoisotopic (exact) mass is 214 g/mol. The Morgan fingerprint density at radius 1 is 1.50 bits per heavy atom. The van der Waals surface area contributed by atoms with Gasteiger partial charge in [0.15, 0.2) is 0 Å². The third-order valence-corrected chi connectivity index (χ3v) is 4.74. The molecule has 2 heterocycles. The van der Waals surface area contributed by atoms with Crippen molar-refractivity contribution in [3.05, 3.63) is 0 Å². The van der Waals surface area contributed by atoms with Crippen molar-refractivity contribution in [2.24, 2.45) is 0 Å². The number of hydrogen-bond acceptors (Lipinski definition) is 3. The third-order valence-electron chi connectivity index (χ3n) is 3.41. The zero-order valence-corrected chi connectivity index (χ0v) is 10.1. The van der Waals surface area contributed by atoms with E-state index in [4.69, 9.17) is 0 Å². The summed E-state index contributed by atoms with van der Waals surface area (Å²) in [7, 11) is 0. The largest absolute Gasteiger partial charge is 0.313 e. The maximum Gasteiger partial charge on any atom is 0.0207 e. The highest BCUT2D eigenvalue weighted by molar-refractivity contribution is 8.00. The highest BCUT2D eigenvalue weighted by atomic mass is 32.2. The van der Waals surface area contributed by atoms with E-state index in [1.807, 2.05) is 0 Å². The minimum Gasteiger partial charge on any atom is -0.313 e. The Kier molecular flexibility index (Phi) is 3.74. The Bertz CT molecular complexity index is 186. The molecule has 0 amide bonds. The van der Waals surface area contributed by atoms with Crippen LogP contribution in [0.4, 0.5) is 0 Å². The quantitative estimate of drug-likeness (QED) is 0.767. The Labute approximate surface area is 91.8 Å². The molecule has 2 aliphatic heterocycles. The highest BCUT2D eigenvalue weighted by Crippen LogP contribution is 2.31. The Balaban J connectivity index is 1.78. The second kappa shape index (κ2) is 4.86. The summed E-state index contributed by atoms with van der Waals surface area (Å²) in [6.07, 6.45) is 2.76. The summed E-state index contributed by atoms with van der Waals surface area (Å²) in [6, 6.07) is 1.64. The molecule has 0 aromatic rings. The highest BCUT2D eigenvalue weighted by Gasteiger charge is 2.32. The topological polar surface area (TPSA) is 15.3 Å². The summed E-state index contributed by atoms with van der Waals surface area (Å²) in [5, 5.41) is 4.45. The molecular formula is C11H22N2S. The summed E-state index contributed by atoms with van der Waals surface area (Å²) >= 11 is 2.14. The van der Waals surface area contributed by atoms with E-state index in [9.17, 15) is 0 Å². The average molecular weight is 214 g/mol. The fourth-order valence-corrected chi connectivity index (χ4v) is 3.88. The molecule has 0 radical (unpaired) electrons. The normalized spacial score (nSPS) is 39.4. The van der Waals surface area contributed by atoms with Crippen LogP contribution in [-0.4, -0.2) is 47.6 Å². The van der Waals surface area contributed by atoms with Gasteiger partial charge in [0.1, 0.15) is 0 Å². The number of nitrogens with zero attached hydrogens (tertiary/aromatic N) is 1. The molecule has 3 unspecified atom stereocenters. The van der Waals surface area contributed by atoms with Crippen LogP contribution in [0.3, 0.4) is 0 Å². The first-order chi connectivity index (χ1) is 6.79. The van der Waals surface area contributed by atoms with Crippen LogP contribution in [0.15, 0.2) is 0 Å². The number of likely N-dealkylation sites (N-methyl/N-ethyl adjacent to an activating group) is 1. The molecule has 0 aromatic heterocycles. The van der Waals surface area contributed by atoms with Crippen molar-refractivity contribution >= 4 is 11.8 Å². The Morgan fingerprint density at radius 3 is 3.00 bits per heavy atom. The van der Waals surface area contributed by atoms with Crippen LogP contribution < -0.4 is 5.32 Å². The molecule has 82 valence electrons. The zero-order valence-electron chi connectivity index (χ0n) is 9.33. The second-order valence-electron chi connectivity index (χ2n) is 4.57. The summed E-state index contributed by atoms with van der Waals surface area (Å²) in [5.74, 6) is 1.36. The van der Waals surface area contributed by atoms with Crippen LogP contribution in [0, 0.1) is 0 Å². The summed E-state index contributed by atoms with van der Waals surface area (Å²) in [6.45, 7) is 8.29. The Hall–Kier alpha value is 0.270. The predicted octanol–water partition coefficient (Wildman–Crippen LogP) is 1.56. The number of nitrogens with one attached hydrogen (secondary N) is 1. The van der Waals surface area contributed by atoms with Gasteiger partial charge in [-0.15, -0.1) is 0 Å². The lowest BCUT2D eigenvalue weighted by atomic mass is 10.2. The van der Waals surface area contributed by atoms with Gasteiger partial charge in [-0.2, -0.15) is 11.8 Å². The molecule has 2 saturated heterocycles. The minimum absolute atomic E-state index is 0.765. The molecule has 2 aliphatic rings. The van der Waals surface area contributed by atoms with E-state index in [-0.39, 0.29) is 0 Å². The first-order valence-electron chi connectivity index (χ1n) is 5.88. The lowest BCUT2D eigenvalue weighted by Crippen LogP contribution is -2.37. The molecule has 3 atom stereocenters. The van der Waals surface area contributed by atoms with Crippen molar-refractivity contribution in [2.45, 2.75) is 44.0 Å². The molecule has 2 rings (SSSR count). The zero-order chi connectivity index (χ0) is 9.97. The molecular weight excluding hydrogens is 192 g/mol. The SMILES string of the molecule is CCNC1CCN(C2CSC(C)C2)C1. The molecule has 0 aromatic carbocycles. The molecule has 2 nitrogen and oxygen atoms in total. The van der Waals surface area contributed by atoms with Crippen molar-refractivity contribution in [3.63, 3.8) is 0 Å². The van der Waals surface area contributed by atoms with Crippen LogP contribution in [0.25, 0.3) is 0 Å². The summed E-state index contributed by atoms with van der Waals surface area (Å²) in [4.78, 5) is 2.70. The van der Waals surface area contributed by atoms with E-state index < -0.39 is 0 Å². The molecule has 14 heavy (non-hydrogen) atoms. The van der Waals surface area contributed by atoms with Crippen LogP contribution >= 0.6 is 11.8 Å². The van der Waals surface area contributed by atoms with Crippen molar-refractivity contribution in [1.29, 1.82) is 0 Å². The molecule has 2 fully saturated rings. The molecule has 0 aliphatic carbocycles. The lowest BCUT2D eigenvalue weighted by molar-refractivity contribution is 0.252. The smallest absolute Gasteiger partial charge is 0.0207 e. The van der Waals surface area contributed by atoms with E-state index in [0.29, 0.717) is 0 Å². The van der Waals surface area contributed by atoms with Gasteiger partial charge in [-0.3, -0.25) is 4.90 Å². The standard InChI is InChI=1S/C11H22N2S/c1-3-12-10-4-5-13(7-10)11-6-9(2)14-8-11/h9-12H,3-8H2,1-2H3. The third kappa shape index (κ3) is 2.44. The van der Waals surface area contributed by atoms with Gasteiger partial charge in [-0.25, -0.2) is 0 Å². The second-order valence-corrected chi connectivity index (χ2v) is 6.04. The minimum atomic E-state index is 0.765. The predicted molar refractivity (Wildman–Crippen MR) is 64.0 cm³/mol. The maximum absolute atomic E-state index is 3.56. The average Bonchev–Trinajstić information content (AvgIpc) is 2.74. The number of thioether (sulfide) groups is 1. The van der Waals surface area contributed by atoms with Gasteiger partial charge in [-0.1, -0.05) is 13.8 Å². The fraction of sp³-hybridized carbons (Fsp3) is 1.00. The van der Waals surface area contributed by atoms with Crippen LogP contribution in [0.2, 0.25) is 0 Å². The molecule has 1 N–H and O–H groups in total. The molecule has 0 bridgehead atoms. The van der Waals surface area contributed by atoms with Crippen LogP contribution in [0.1, 0.15) is 26.7 Å². The first-order valence-corrected chi connectivity index (χ1v) is 6.93. The van der Waals surface area contributed by atoms with Crippen LogP contribution in [-0.2, 0) is 0 Å². The summed E-state index contributed by atoms with van der Waals surface area (Å²) < 4.78 is 0.